The molecular formula is C18H25N5O. The third kappa shape index (κ3) is 3.49. The second-order valence-electron chi connectivity index (χ2n) is 7.03. The molecule has 2 heterocycles. The van der Waals surface area contributed by atoms with E-state index in [1.807, 2.05) is 4.68 Å². The van der Waals surface area contributed by atoms with Crippen LogP contribution < -0.4 is 5.32 Å². The van der Waals surface area contributed by atoms with Gasteiger partial charge in [0.25, 0.3) is 0 Å². The van der Waals surface area contributed by atoms with Crippen molar-refractivity contribution in [1.29, 1.82) is 0 Å². The molecule has 2 aliphatic rings. The molecule has 1 aromatic heterocycles. The van der Waals surface area contributed by atoms with Gasteiger partial charge in [0.1, 0.15) is 0 Å². The first-order chi connectivity index (χ1) is 11.8. The van der Waals surface area contributed by atoms with Crippen LogP contribution in [-0.2, 0) is 4.74 Å². The number of tetrazole rings is 1. The second-order valence-corrected chi connectivity index (χ2v) is 7.03. The van der Waals surface area contributed by atoms with Gasteiger partial charge in [0.15, 0.2) is 5.82 Å². The summed E-state index contributed by atoms with van der Waals surface area (Å²) in [4.78, 5) is 0. The Morgan fingerprint density at radius 3 is 2.79 bits per heavy atom. The maximum Gasteiger partial charge on any atom is 0.168 e. The maximum atomic E-state index is 5.57. The Kier molecular flexibility index (Phi) is 4.58. The fraction of sp³-hybridized carbons (Fsp3) is 0.611. The smallest absolute Gasteiger partial charge is 0.168 e. The molecule has 2 aromatic rings. The predicted octanol–water partition coefficient (Wildman–Crippen LogP) is 2.83. The molecule has 1 N–H and O–H groups in total. The maximum absolute atomic E-state index is 5.57. The van der Waals surface area contributed by atoms with Gasteiger partial charge in [0, 0.05) is 19.3 Å². The van der Waals surface area contributed by atoms with Gasteiger partial charge < -0.3 is 10.1 Å². The average Bonchev–Trinajstić information content (AvgIpc) is 3.11. The first kappa shape index (κ1) is 15.7. The number of ether oxygens (including phenoxy) is 1. The van der Waals surface area contributed by atoms with E-state index in [4.69, 9.17) is 4.74 Å². The molecule has 1 aliphatic heterocycles. The molecule has 0 amide bonds. The third-order valence-electron chi connectivity index (χ3n) is 5.04. The lowest BCUT2D eigenvalue weighted by atomic mass is 9.93. The Hall–Kier alpha value is -1.79. The molecule has 1 saturated carbocycles. The van der Waals surface area contributed by atoms with E-state index in [0.717, 1.165) is 31.9 Å². The molecule has 0 unspecified atom stereocenters. The van der Waals surface area contributed by atoms with Crippen molar-refractivity contribution >= 4 is 0 Å². The zero-order chi connectivity index (χ0) is 16.4. The van der Waals surface area contributed by atoms with Gasteiger partial charge in [0.2, 0.25) is 0 Å². The number of nitrogens with one attached hydrogen (secondary N) is 1. The molecule has 24 heavy (non-hydrogen) atoms. The highest BCUT2D eigenvalue weighted by molar-refractivity contribution is 5.19. The lowest BCUT2D eigenvalue weighted by molar-refractivity contribution is 0.180. The predicted molar refractivity (Wildman–Crippen MR) is 90.4 cm³/mol. The van der Waals surface area contributed by atoms with Crippen molar-refractivity contribution in [2.24, 2.45) is 5.92 Å². The van der Waals surface area contributed by atoms with E-state index in [1.165, 1.54) is 18.4 Å². The lowest BCUT2D eigenvalue weighted by Crippen LogP contribution is -2.29. The van der Waals surface area contributed by atoms with Crippen molar-refractivity contribution in [2.45, 2.75) is 50.7 Å². The molecular weight excluding hydrogens is 302 g/mol. The first-order valence-corrected chi connectivity index (χ1v) is 8.97. The van der Waals surface area contributed by atoms with Crippen molar-refractivity contribution in [3.05, 3.63) is 41.7 Å². The van der Waals surface area contributed by atoms with Crippen LogP contribution in [0, 0.1) is 5.92 Å². The highest BCUT2D eigenvalue weighted by Gasteiger charge is 2.31. The molecule has 1 saturated heterocycles. The molecule has 0 bridgehead atoms. The van der Waals surface area contributed by atoms with E-state index in [9.17, 15) is 0 Å². The van der Waals surface area contributed by atoms with Crippen LogP contribution in [0.25, 0.3) is 0 Å². The van der Waals surface area contributed by atoms with Crippen LogP contribution in [0.5, 0.6) is 0 Å². The van der Waals surface area contributed by atoms with Gasteiger partial charge in [0.05, 0.1) is 12.1 Å². The van der Waals surface area contributed by atoms with E-state index < -0.39 is 0 Å². The van der Waals surface area contributed by atoms with E-state index in [0.29, 0.717) is 12.0 Å². The molecule has 3 atom stereocenters. The number of aromatic nitrogens is 4. The van der Waals surface area contributed by atoms with Crippen molar-refractivity contribution in [3.63, 3.8) is 0 Å². The monoisotopic (exact) mass is 327 g/mol. The van der Waals surface area contributed by atoms with Gasteiger partial charge in [-0.25, -0.2) is 4.68 Å². The minimum atomic E-state index is 0.119. The molecule has 1 aliphatic carbocycles. The van der Waals surface area contributed by atoms with E-state index in [1.54, 1.807) is 0 Å². The lowest BCUT2D eigenvalue weighted by Gasteiger charge is -2.25. The Balaban J connectivity index is 1.50. The van der Waals surface area contributed by atoms with E-state index >= 15 is 0 Å². The zero-order valence-corrected chi connectivity index (χ0v) is 14.1. The molecule has 0 spiro atoms. The third-order valence-corrected chi connectivity index (χ3v) is 5.04. The van der Waals surface area contributed by atoms with Gasteiger partial charge in [-0.1, -0.05) is 30.3 Å². The fourth-order valence-corrected chi connectivity index (χ4v) is 3.53. The highest BCUT2D eigenvalue weighted by atomic mass is 16.5. The Morgan fingerprint density at radius 1 is 1.25 bits per heavy atom. The minimum Gasteiger partial charge on any atom is -0.381 e. The molecule has 2 fully saturated rings. The van der Waals surface area contributed by atoms with Crippen LogP contribution in [0.15, 0.2) is 30.3 Å². The molecule has 4 rings (SSSR count). The van der Waals surface area contributed by atoms with Gasteiger partial charge in [-0.15, -0.1) is 5.10 Å². The van der Waals surface area contributed by atoms with Gasteiger partial charge in [-0.2, -0.15) is 0 Å². The van der Waals surface area contributed by atoms with Crippen molar-refractivity contribution in [3.8, 4) is 0 Å². The van der Waals surface area contributed by atoms with Crippen LogP contribution in [0.4, 0.5) is 0 Å². The summed E-state index contributed by atoms with van der Waals surface area (Å²) in [6.07, 6.45) is 4.61. The Labute approximate surface area is 142 Å². The summed E-state index contributed by atoms with van der Waals surface area (Å²) in [5.74, 6) is 1.57. The molecule has 128 valence electrons. The fourth-order valence-electron chi connectivity index (χ4n) is 3.53. The summed E-state index contributed by atoms with van der Waals surface area (Å²) >= 11 is 0. The Morgan fingerprint density at radius 2 is 2.08 bits per heavy atom. The van der Waals surface area contributed by atoms with Crippen LogP contribution >= 0.6 is 0 Å². The minimum absolute atomic E-state index is 0.119. The van der Waals surface area contributed by atoms with Crippen molar-refractivity contribution < 1.29 is 4.74 Å². The summed E-state index contributed by atoms with van der Waals surface area (Å²) < 4.78 is 7.56. The van der Waals surface area contributed by atoms with Crippen LogP contribution in [-0.4, -0.2) is 33.4 Å². The summed E-state index contributed by atoms with van der Waals surface area (Å²) in [6.45, 7) is 3.92. The number of hydrogen-bond acceptors (Lipinski definition) is 5. The van der Waals surface area contributed by atoms with E-state index in [-0.39, 0.29) is 12.1 Å². The number of hydrogen-bond donors (Lipinski definition) is 1. The normalized spacial score (nSPS) is 23.3. The van der Waals surface area contributed by atoms with Gasteiger partial charge in [-0.3, -0.25) is 0 Å². The summed E-state index contributed by atoms with van der Waals surface area (Å²) in [7, 11) is 0. The van der Waals surface area contributed by atoms with Crippen molar-refractivity contribution in [2.75, 3.05) is 13.2 Å². The molecule has 6 heteroatoms. The average molecular weight is 327 g/mol. The van der Waals surface area contributed by atoms with Crippen LogP contribution in [0.1, 0.15) is 62.1 Å². The Bertz CT molecular complexity index is 648. The van der Waals surface area contributed by atoms with Gasteiger partial charge >= 0.3 is 0 Å². The standard InChI is InChI=1S/C18H25N5O/c1-13(18-20-21-22-23(18)16-7-8-16)19-17(11-14-9-10-24-12-14)15-5-3-2-4-6-15/h2-6,13-14,16-17,19H,7-12H2,1H3/t13-,14+,17+/m0/s1. The van der Waals surface area contributed by atoms with Crippen LogP contribution in [0.2, 0.25) is 0 Å². The molecule has 1 aromatic carbocycles. The van der Waals surface area contributed by atoms with Crippen LogP contribution in [0.3, 0.4) is 0 Å². The zero-order valence-electron chi connectivity index (χ0n) is 14.1. The topological polar surface area (TPSA) is 64.9 Å². The summed E-state index contributed by atoms with van der Waals surface area (Å²) in [5, 5.41) is 16.1. The summed E-state index contributed by atoms with van der Waals surface area (Å²) in [6, 6.07) is 11.6. The second kappa shape index (κ2) is 6.99. The highest BCUT2D eigenvalue weighted by Crippen LogP contribution is 2.36. The number of rotatable bonds is 7. The largest absolute Gasteiger partial charge is 0.381 e. The molecule has 0 radical (unpaired) electrons. The van der Waals surface area contributed by atoms with E-state index in [2.05, 4.69) is 58.1 Å². The van der Waals surface area contributed by atoms with Crippen molar-refractivity contribution in [1.82, 2.24) is 25.5 Å². The quantitative estimate of drug-likeness (QED) is 0.847. The number of benzene rings is 1. The SMILES string of the molecule is C[C@H](N[C@H](C[C@H]1CCOC1)c1ccccc1)c1nnnn1C1CC1. The first-order valence-electron chi connectivity index (χ1n) is 8.97. The van der Waals surface area contributed by atoms with Gasteiger partial charge in [-0.05, 0) is 54.5 Å². The summed E-state index contributed by atoms with van der Waals surface area (Å²) in [5.41, 5.74) is 1.32. The number of nitrogens with zero attached hydrogens (tertiary/aromatic N) is 4. The molecule has 6 nitrogen and oxygen atoms in total.